The number of nitrogens with two attached hydrogens (primary N) is 1. The van der Waals surface area contributed by atoms with Gasteiger partial charge < -0.3 is 30.9 Å². The van der Waals surface area contributed by atoms with E-state index in [0.717, 1.165) is 0 Å². The van der Waals surface area contributed by atoms with Crippen LogP contribution in [0.5, 0.6) is 5.75 Å². The lowest BCUT2D eigenvalue weighted by atomic mass is 9.54. The molecule has 0 aromatic heterocycles. The fourth-order valence-electron chi connectivity index (χ4n) is 5.96. The Morgan fingerprint density at radius 2 is 1.76 bits per heavy atom. The van der Waals surface area contributed by atoms with Crippen molar-refractivity contribution in [3.05, 3.63) is 46.2 Å². The summed E-state index contributed by atoms with van der Waals surface area (Å²) in [6.45, 7) is 4.85. The number of carbonyl (C=O) groups is 4. The molecule has 1 aromatic rings. The summed E-state index contributed by atoms with van der Waals surface area (Å²) in [4.78, 5) is 53.9. The van der Waals surface area contributed by atoms with Crippen molar-refractivity contribution in [1.29, 1.82) is 0 Å². The van der Waals surface area contributed by atoms with Gasteiger partial charge in [-0.1, -0.05) is 32.9 Å². The maximum Gasteiger partial charge on any atom is 0.308 e. The fourth-order valence-corrected chi connectivity index (χ4v) is 5.96. The highest BCUT2D eigenvalue weighted by Gasteiger charge is 2.69. The number of hydrogen-bond donors (Lipinski definition) is 5. The van der Waals surface area contributed by atoms with Crippen molar-refractivity contribution in [2.45, 2.75) is 44.4 Å². The quantitative estimate of drug-likeness (QED) is 0.283. The fraction of sp³-hybridized carbons (Fsp3) is 0.462. The first-order valence-corrected chi connectivity index (χ1v) is 11.8. The van der Waals surface area contributed by atoms with Crippen LogP contribution in [0, 0.1) is 17.8 Å². The molecule has 0 aliphatic heterocycles. The Kier molecular flexibility index (Phi) is 6.20. The number of amides is 1. The first-order chi connectivity index (χ1) is 17.2. The minimum Gasteiger partial charge on any atom is -0.508 e. The van der Waals surface area contributed by atoms with Gasteiger partial charge in [0.25, 0.3) is 5.91 Å². The van der Waals surface area contributed by atoms with E-state index in [2.05, 4.69) is 0 Å². The van der Waals surface area contributed by atoms with E-state index in [1.165, 1.54) is 25.1 Å². The maximum atomic E-state index is 14.0. The Morgan fingerprint density at radius 1 is 1.14 bits per heavy atom. The molecule has 6 N–H and O–H groups in total. The van der Waals surface area contributed by atoms with Crippen LogP contribution >= 0.6 is 0 Å². The number of esters is 1. The molecule has 3 aliphatic rings. The number of hydrogen-bond acceptors (Lipinski definition) is 10. The van der Waals surface area contributed by atoms with Crippen molar-refractivity contribution < 1.29 is 44.3 Å². The molecular formula is C26H30N2O9. The molecule has 0 spiro atoms. The third kappa shape index (κ3) is 3.48. The molecule has 0 radical (unpaired) electrons. The summed E-state index contributed by atoms with van der Waals surface area (Å²) in [5.74, 6) is -10.3. The smallest absolute Gasteiger partial charge is 0.308 e. The number of phenols is 1. The van der Waals surface area contributed by atoms with Gasteiger partial charge in [-0.05, 0) is 31.6 Å². The minimum absolute atomic E-state index is 0.0415. The lowest BCUT2D eigenvalue weighted by Gasteiger charge is -2.54. The summed E-state index contributed by atoms with van der Waals surface area (Å²) in [7, 11) is 2.94. The predicted molar refractivity (Wildman–Crippen MR) is 129 cm³/mol. The molecule has 3 aliphatic carbocycles. The first kappa shape index (κ1) is 26.4. The Labute approximate surface area is 212 Å². The van der Waals surface area contributed by atoms with E-state index in [-0.39, 0.29) is 11.3 Å². The summed E-state index contributed by atoms with van der Waals surface area (Å²) in [6.07, 6.45) is -1.41. The third-order valence-electron chi connectivity index (χ3n) is 7.69. The highest BCUT2D eigenvalue weighted by atomic mass is 16.5. The van der Waals surface area contributed by atoms with Gasteiger partial charge in [0, 0.05) is 11.5 Å². The lowest BCUT2D eigenvalue weighted by Crippen LogP contribution is -2.71. The molecule has 11 nitrogen and oxygen atoms in total. The van der Waals surface area contributed by atoms with Crippen LogP contribution in [0.2, 0.25) is 0 Å². The van der Waals surface area contributed by atoms with Crippen molar-refractivity contribution in [1.82, 2.24) is 4.90 Å². The molecule has 1 fully saturated rings. The third-order valence-corrected chi connectivity index (χ3v) is 7.69. The van der Waals surface area contributed by atoms with E-state index in [0.29, 0.717) is 5.56 Å². The molecule has 37 heavy (non-hydrogen) atoms. The van der Waals surface area contributed by atoms with E-state index in [1.807, 2.05) is 0 Å². The van der Waals surface area contributed by atoms with Crippen LogP contribution in [0.4, 0.5) is 0 Å². The van der Waals surface area contributed by atoms with Crippen molar-refractivity contribution in [3.63, 3.8) is 0 Å². The Balaban J connectivity index is 2.11. The predicted octanol–water partition coefficient (Wildman–Crippen LogP) is 0.703. The number of likely N-dealkylation sites (N-methyl/N-ethyl adjacent to an activating group) is 1. The van der Waals surface area contributed by atoms with E-state index >= 15 is 0 Å². The second-order valence-corrected chi connectivity index (χ2v) is 10.4. The standard InChI is InChI=1S/C26H30N2O9/c1-9(2)25(35)37-21-13-10(3)11-7-6-8-12(29)14(11)19(30)15(13)22(32)26(36)17(21)18(28(4)5)20(31)16(23(26)33)24(27)34/h6-10,13,17-18,21,29-30,33,36H,1-5H3,(H2,27,34)/t10-,13+,17+,18-,21-,26-/m0/s1. The normalized spacial score (nSPS) is 31.3. The number of phenolic OH excluding ortho intramolecular Hbond substituents is 1. The molecule has 1 amide bonds. The van der Waals surface area contributed by atoms with Crippen LogP contribution in [-0.2, 0) is 23.9 Å². The van der Waals surface area contributed by atoms with Crippen LogP contribution in [-0.4, -0.2) is 80.6 Å². The van der Waals surface area contributed by atoms with E-state index in [9.17, 15) is 39.6 Å². The average Bonchev–Trinajstić information content (AvgIpc) is 2.80. The molecule has 1 saturated carbocycles. The number of carbonyl (C=O) groups excluding carboxylic acids is 4. The zero-order valence-corrected chi connectivity index (χ0v) is 21.1. The number of nitrogens with zero attached hydrogens (tertiary/aromatic N) is 1. The highest BCUT2D eigenvalue weighted by Crippen LogP contribution is 2.56. The zero-order valence-electron chi connectivity index (χ0n) is 21.1. The number of benzene rings is 1. The molecule has 6 atom stereocenters. The summed E-state index contributed by atoms with van der Waals surface area (Å²) in [5, 5.41) is 44.7. The molecule has 0 heterocycles. The van der Waals surface area contributed by atoms with Crippen LogP contribution in [0.3, 0.4) is 0 Å². The van der Waals surface area contributed by atoms with Crippen molar-refractivity contribution >= 4 is 29.2 Å². The number of primary amides is 1. The van der Waals surface area contributed by atoms with Gasteiger partial charge in [-0.3, -0.25) is 24.1 Å². The Bertz CT molecular complexity index is 1290. The molecule has 4 rings (SSSR count). The van der Waals surface area contributed by atoms with E-state index < -0.39 is 87.5 Å². The van der Waals surface area contributed by atoms with Crippen LogP contribution in [0.15, 0.2) is 35.1 Å². The summed E-state index contributed by atoms with van der Waals surface area (Å²) in [5.41, 5.74) is 1.47. The van der Waals surface area contributed by atoms with Gasteiger partial charge in [0.15, 0.2) is 11.4 Å². The number of ether oxygens (including phenoxy) is 1. The number of aliphatic hydroxyl groups excluding tert-OH is 2. The second kappa shape index (κ2) is 8.70. The van der Waals surface area contributed by atoms with Crippen LogP contribution in [0.25, 0.3) is 5.76 Å². The number of rotatable bonds is 4. The van der Waals surface area contributed by atoms with Crippen molar-refractivity contribution in [2.24, 2.45) is 23.5 Å². The van der Waals surface area contributed by atoms with Crippen LogP contribution < -0.4 is 5.73 Å². The van der Waals surface area contributed by atoms with Gasteiger partial charge >= 0.3 is 5.97 Å². The zero-order chi connectivity index (χ0) is 27.7. The SMILES string of the molecule is CC(C)C(=O)O[C@H]1[C@H]2C(=C(O)c3c(O)cccc3[C@@H]2C)C(=O)[C@]2(O)C(O)=C(C(N)=O)C(=O)[C@@H](N(C)C)[C@H]12. The largest absolute Gasteiger partial charge is 0.508 e. The van der Waals surface area contributed by atoms with Crippen LogP contribution in [0.1, 0.15) is 37.8 Å². The molecular weight excluding hydrogens is 484 g/mol. The van der Waals surface area contributed by atoms with Gasteiger partial charge in [0.05, 0.1) is 23.4 Å². The molecule has 11 heteroatoms. The Morgan fingerprint density at radius 3 is 2.30 bits per heavy atom. The van der Waals surface area contributed by atoms with Crippen molar-refractivity contribution in [2.75, 3.05) is 14.1 Å². The number of fused-ring (bicyclic) bond motifs is 3. The first-order valence-electron chi connectivity index (χ1n) is 11.8. The molecule has 198 valence electrons. The highest BCUT2D eigenvalue weighted by molar-refractivity contribution is 6.24. The molecule has 0 unspecified atom stereocenters. The summed E-state index contributed by atoms with van der Waals surface area (Å²) in [6, 6.07) is 3.10. The number of ketones is 2. The topological polar surface area (TPSA) is 188 Å². The summed E-state index contributed by atoms with van der Waals surface area (Å²) < 4.78 is 5.85. The van der Waals surface area contributed by atoms with Gasteiger partial charge in [-0.2, -0.15) is 0 Å². The molecule has 1 aromatic carbocycles. The number of aromatic hydroxyl groups is 1. The second-order valence-electron chi connectivity index (χ2n) is 10.4. The lowest BCUT2D eigenvalue weighted by molar-refractivity contribution is -0.187. The van der Waals surface area contributed by atoms with Gasteiger partial charge in [0.1, 0.15) is 28.9 Å². The Hall–Kier alpha value is -3.70. The van der Waals surface area contributed by atoms with Gasteiger partial charge in [0.2, 0.25) is 5.78 Å². The van der Waals surface area contributed by atoms with Gasteiger partial charge in [-0.15, -0.1) is 0 Å². The number of aliphatic hydroxyl groups is 3. The maximum absolute atomic E-state index is 14.0. The van der Waals surface area contributed by atoms with E-state index in [4.69, 9.17) is 10.5 Å². The van der Waals surface area contributed by atoms with E-state index in [1.54, 1.807) is 32.9 Å². The summed E-state index contributed by atoms with van der Waals surface area (Å²) >= 11 is 0. The van der Waals surface area contributed by atoms with Crippen molar-refractivity contribution in [3.8, 4) is 5.75 Å². The number of Topliss-reactive ketones (excluding diaryl/α,β-unsaturated/α-hetero) is 2. The molecule has 0 bridgehead atoms. The monoisotopic (exact) mass is 514 g/mol. The average molecular weight is 515 g/mol. The molecule has 0 saturated heterocycles. The minimum atomic E-state index is -2.95. The van der Waals surface area contributed by atoms with Gasteiger partial charge in [-0.25, -0.2) is 0 Å².